The van der Waals surface area contributed by atoms with Gasteiger partial charge in [-0.1, -0.05) is 0 Å². The number of nitrogens with zero attached hydrogens (tertiary/aromatic N) is 1. The standard InChI is InChI=1S/C12H21NO5S/c1-12(2,19(3,17)18)11(16)13-7-6-9(8-13)4-5-10(14)15/h9H,4-8H2,1-3H3,(H,14,15). The van der Waals surface area contributed by atoms with E-state index in [1.807, 2.05) is 0 Å². The molecule has 1 unspecified atom stereocenters. The highest BCUT2D eigenvalue weighted by atomic mass is 32.2. The Kier molecular flexibility index (Phi) is 4.60. The molecule has 0 aromatic carbocycles. The first-order chi connectivity index (χ1) is 8.55. The minimum atomic E-state index is -3.47. The Balaban J connectivity index is 2.65. The van der Waals surface area contributed by atoms with E-state index in [-0.39, 0.29) is 12.3 Å². The molecule has 7 heteroatoms. The lowest BCUT2D eigenvalue weighted by atomic mass is 10.0. The van der Waals surface area contributed by atoms with Crippen molar-refractivity contribution >= 4 is 21.7 Å². The van der Waals surface area contributed by atoms with Crippen LogP contribution in [0.5, 0.6) is 0 Å². The number of carboxylic acid groups (broad SMARTS) is 1. The molecular weight excluding hydrogens is 270 g/mol. The molecule has 0 aliphatic carbocycles. The minimum Gasteiger partial charge on any atom is -0.481 e. The van der Waals surface area contributed by atoms with E-state index in [9.17, 15) is 18.0 Å². The molecule has 1 heterocycles. The van der Waals surface area contributed by atoms with Crippen LogP contribution in [0.1, 0.15) is 33.1 Å². The maximum Gasteiger partial charge on any atom is 0.303 e. The first-order valence-electron chi connectivity index (χ1n) is 6.26. The topological polar surface area (TPSA) is 91.8 Å². The van der Waals surface area contributed by atoms with Crippen LogP contribution in [-0.4, -0.2) is 54.4 Å². The molecule has 110 valence electrons. The molecule has 1 aliphatic rings. The highest BCUT2D eigenvalue weighted by molar-refractivity contribution is 7.92. The van der Waals surface area contributed by atoms with Gasteiger partial charge in [-0.15, -0.1) is 0 Å². The van der Waals surface area contributed by atoms with Gasteiger partial charge in [-0.05, 0) is 32.6 Å². The van der Waals surface area contributed by atoms with Crippen molar-refractivity contribution in [1.29, 1.82) is 0 Å². The van der Waals surface area contributed by atoms with Gasteiger partial charge in [0.15, 0.2) is 9.84 Å². The van der Waals surface area contributed by atoms with Gasteiger partial charge >= 0.3 is 5.97 Å². The Bertz CT molecular complexity index is 469. The van der Waals surface area contributed by atoms with Gasteiger partial charge in [-0.3, -0.25) is 9.59 Å². The van der Waals surface area contributed by atoms with Crippen molar-refractivity contribution in [1.82, 2.24) is 4.90 Å². The minimum absolute atomic E-state index is 0.0855. The second-order valence-electron chi connectivity index (χ2n) is 5.62. The zero-order valence-corrected chi connectivity index (χ0v) is 12.4. The number of amides is 1. The lowest BCUT2D eigenvalue weighted by Gasteiger charge is -2.27. The number of hydrogen-bond acceptors (Lipinski definition) is 4. The summed E-state index contributed by atoms with van der Waals surface area (Å²) in [7, 11) is -3.47. The third-order valence-electron chi connectivity index (χ3n) is 3.78. The zero-order valence-electron chi connectivity index (χ0n) is 11.5. The van der Waals surface area contributed by atoms with Crippen molar-refractivity contribution in [3.05, 3.63) is 0 Å². The Morgan fingerprint density at radius 3 is 2.42 bits per heavy atom. The summed E-state index contributed by atoms with van der Waals surface area (Å²) >= 11 is 0. The summed E-state index contributed by atoms with van der Waals surface area (Å²) in [4.78, 5) is 24.3. The molecule has 19 heavy (non-hydrogen) atoms. The molecule has 1 amide bonds. The summed E-state index contributed by atoms with van der Waals surface area (Å²) in [5, 5.41) is 8.62. The number of rotatable bonds is 5. The number of sulfone groups is 1. The van der Waals surface area contributed by atoms with Crippen LogP contribution in [0.4, 0.5) is 0 Å². The molecule has 0 aromatic rings. The first kappa shape index (κ1) is 15.9. The molecule has 1 atom stereocenters. The highest BCUT2D eigenvalue weighted by Crippen LogP contribution is 2.26. The average molecular weight is 291 g/mol. The predicted molar refractivity (Wildman–Crippen MR) is 70.5 cm³/mol. The molecule has 1 N–H and O–H groups in total. The largest absolute Gasteiger partial charge is 0.481 e. The number of likely N-dealkylation sites (tertiary alicyclic amines) is 1. The molecule has 0 radical (unpaired) electrons. The van der Waals surface area contributed by atoms with E-state index < -0.39 is 26.5 Å². The third kappa shape index (κ3) is 3.68. The van der Waals surface area contributed by atoms with Crippen LogP contribution in [0.2, 0.25) is 0 Å². The molecule has 0 saturated carbocycles. The SMILES string of the molecule is CC(C)(C(=O)N1CCC(CCC(=O)O)C1)S(C)(=O)=O. The van der Waals surface area contributed by atoms with Crippen LogP contribution in [0.25, 0.3) is 0 Å². The normalized spacial score (nSPS) is 20.6. The van der Waals surface area contributed by atoms with Gasteiger partial charge in [-0.25, -0.2) is 8.42 Å². The lowest BCUT2D eigenvalue weighted by molar-refractivity contribution is -0.137. The van der Waals surface area contributed by atoms with Crippen molar-refractivity contribution in [3.8, 4) is 0 Å². The van der Waals surface area contributed by atoms with Crippen molar-refractivity contribution in [2.24, 2.45) is 5.92 Å². The summed E-state index contributed by atoms with van der Waals surface area (Å²) in [6.45, 7) is 3.78. The molecule has 6 nitrogen and oxygen atoms in total. The van der Waals surface area contributed by atoms with Crippen molar-refractivity contribution in [2.45, 2.75) is 37.9 Å². The molecule has 0 bridgehead atoms. The van der Waals surface area contributed by atoms with Gasteiger partial charge in [0, 0.05) is 25.8 Å². The van der Waals surface area contributed by atoms with Gasteiger partial charge in [0.2, 0.25) is 5.91 Å². The van der Waals surface area contributed by atoms with E-state index in [0.29, 0.717) is 19.5 Å². The number of hydrogen-bond donors (Lipinski definition) is 1. The fourth-order valence-corrected chi connectivity index (χ4v) is 2.57. The third-order valence-corrected chi connectivity index (χ3v) is 5.81. The van der Waals surface area contributed by atoms with Crippen LogP contribution < -0.4 is 0 Å². The maximum absolute atomic E-state index is 12.2. The van der Waals surface area contributed by atoms with Crippen LogP contribution >= 0.6 is 0 Å². The number of carbonyl (C=O) groups excluding carboxylic acids is 1. The first-order valence-corrected chi connectivity index (χ1v) is 8.15. The molecule has 1 fully saturated rings. The van der Waals surface area contributed by atoms with Crippen molar-refractivity contribution in [3.63, 3.8) is 0 Å². The van der Waals surface area contributed by atoms with Crippen LogP contribution in [0.3, 0.4) is 0 Å². The second-order valence-corrected chi connectivity index (χ2v) is 8.19. The molecule has 1 rings (SSSR count). The summed E-state index contributed by atoms with van der Waals surface area (Å²) in [6.07, 6.45) is 2.41. The molecule has 0 spiro atoms. The van der Waals surface area contributed by atoms with Gasteiger partial charge in [0.25, 0.3) is 0 Å². The van der Waals surface area contributed by atoms with E-state index in [1.165, 1.54) is 18.7 Å². The zero-order chi connectivity index (χ0) is 14.8. The number of carboxylic acids is 1. The van der Waals surface area contributed by atoms with Crippen molar-refractivity contribution < 1.29 is 23.1 Å². The second kappa shape index (κ2) is 5.48. The Morgan fingerprint density at radius 2 is 1.95 bits per heavy atom. The molecular formula is C12H21NO5S. The van der Waals surface area contributed by atoms with Gasteiger partial charge in [-0.2, -0.15) is 0 Å². The monoisotopic (exact) mass is 291 g/mol. The lowest BCUT2D eigenvalue weighted by Crippen LogP contribution is -2.48. The van der Waals surface area contributed by atoms with Gasteiger partial charge in [0.1, 0.15) is 4.75 Å². The van der Waals surface area contributed by atoms with E-state index in [1.54, 1.807) is 0 Å². The smallest absolute Gasteiger partial charge is 0.303 e. The number of carbonyl (C=O) groups is 2. The quantitative estimate of drug-likeness (QED) is 0.797. The van der Waals surface area contributed by atoms with E-state index in [0.717, 1.165) is 12.7 Å². The summed E-state index contributed by atoms with van der Waals surface area (Å²) in [6, 6.07) is 0. The Hall–Kier alpha value is -1.11. The summed E-state index contributed by atoms with van der Waals surface area (Å²) < 4.78 is 21.8. The van der Waals surface area contributed by atoms with Gasteiger partial charge < -0.3 is 10.0 Å². The summed E-state index contributed by atoms with van der Waals surface area (Å²) in [5.41, 5.74) is 0. The van der Waals surface area contributed by atoms with E-state index >= 15 is 0 Å². The van der Waals surface area contributed by atoms with Crippen LogP contribution in [-0.2, 0) is 19.4 Å². The van der Waals surface area contributed by atoms with Gasteiger partial charge in [0.05, 0.1) is 0 Å². The molecule has 1 aliphatic heterocycles. The summed E-state index contributed by atoms with van der Waals surface area (Å²) in [5.74, 6) is -1.09. The Labute approximate surface area is 113 Å². The van der Waals surface area contributed by atoms with Crippen LogP contribution in [0, 0.1) is 5.92 Å². The Morgan fingerprint density at radius 1 is 1.37 bits per heavy atom. The molecule has 1 saturated heterocycles. The van der Waals surface area contributed by atoms with E-state index in [2.05, 4.69) is 0 Å². The highest BCUT2D eigenvalue weighted by Gasteiger charge is 2.43. The maximum atomic E-state index is 12.2. The number of aliphatic carboxylic acids is 1. The average Bonchev–Trinajstić information content (AvgIpc) is 2.72. The van der Waals surface area contributed by atoms with E-state index in [4.69, 9.17) is 5.11 Å². The fraction of sp³-hybridized carbons (Fsp3) is 0.833. The van der Waals surface area contributed by atoms with Crippen molar-refractivity contribution in [2.75, 3.05) is 19.3 Å². The fourth-order valence-electron chi connectivity index (χ4n) is 2.12. The predicted octanol–water partition coefficient (Wildman–Crippen LogP) is 0.523. The molecule has 0 aromatic heterocycles. The van der Waals surface area contributed by atoms with Crippen LogP contribution in [0.15, 0.2) is 0 Å².